The predicted molar refractivity (Wildman–Crippen MR) is 223 cm³/mol. The van der Waals surface area contributed by atoms with Gasteiger partial charge in [0.15, 0.2) is 0 Å². The summed E-state index contributed by atoms with van der Waals surface area (Å²) < 4.78 is 43.3. The summed E-state index contributed by atoms with van der Waals surface area (Å²) in [5, 5.41) is 2.76. The van der Waals surface area contributed by atoms with Crippen molar-refractivity contribution in [2.45, 2.75) is 154 Å². The van der Waals surface area contributed by atoms with Crippen LogP contribution in [-0.4, -0.2) is 123 Å². The second-order valence-electron chi connectivity index (χ2n) is 14.2. The molecule has 0 fully saturated rings. The minimum Gasteiger partial charge on any atom is -0.462 e. The van der Waals surface area contributed by atoms with Gasteiger partial charge in [-0.1, -0.05) is 117 Å². The molecule has 0 aliphatic heterocycles. The van der Waals surface area contributed by atoms with Gasteiger partial charge >= 0.3 is 19.5 Å². The zero-order valence-corrected chi connectivity index (χ0v) is 36.6. The number of unbranched alkanes of at least 4 members (excludes halogenated alkanes) is 16. The molecule has 5 N–H and O–H groups in total. The molecule has 0 aromatic rings. The molecule has 0 aliphatic carbocycles. The number of thioether (sulfide) groups is 1. The fourth-order valence-corrected chi connectivity index (χ4v) is 6.84. The number of carbonyl (C=O) groups is 3. The smallest absolute Gasteiger partial charge is 0.327 e. The van der Waals surface area contributed by atoms with Gasteiger partial charge in [-0.05, 0) is 12.8 Å². The van der Waals surface area contributed by atoms with Crippen LogP contribution in [0.2, 0.25) is 0 Å². The largest absolute Gasteiger partial charge is 0.462 e. The molecule has 56 heavy (non-hydrogen) atoms. The lowest BCUT2D eigenvalue weighted by Crippen LogP contribution is -2.43. The van der Waals surface area contributed by atoms with E-state index in [0.29, 0.717) is 64.0 Å². The lowest BCUT2D eigenvalue weighted by molar-refractivity contribution is -0.157. The van der Waals surface area contributed by atoms with Gasteiger partial charge in [-0.3, -0.25) is 18.9 Å². The highest BCUT2D eigenvalue weighted by atomic mass is 32.2. The van der Waals surface area contributed by atoms with Crippen LogP contribution in [0.5, 0.6) is 0 Å². The van der Waals surface area contributed by atoms with Gasteiger partial charge in [-0.2, -0.15) is 11.8 Å². The van der Waals surface area contributed by atoms with Crippen LogP contribution in [-0.2, 0) is 47.4 Å². The normalized spacial score (nSPS) is 12.7. The molecule has 0 aliphatic rings. The number of rotatable bonds is 43. The van der Waals surface area contributed by atoms with Gasteiger partial charge in [0.2, 0.25) is 5.91 Å². The average Bonchev–Trinajstić information content (AvgIpc) is 3.16. The number of hydrogen-bond donors (Lipinski definition) is 4. The van der Waals surface area contributed by atoms with E-state index >= 15 is 0 Å². The molecule has 0 unspecified atom stereocenters. The Labute approximate surface area is 342 Å². The second-order valence-corrected chi connectivity index (χ2v) is 17.1. The summed E-state index contributed by atoms with van der Waals surface area (Å²) in [6, 6.07) is -0.771. The van der Waals surface area contributed by atoms with Crippen molar-refractivity contribution in [2.75, 3.05) is 83.7 Å². The zero-order valence-electron chi connectivity index (χ0n) is 34.9. The summed E-state index contributed by atoms with van der Waals surface area (Å²) in [6.45, 7) is 6.91. The SMILES string of the molecule is CCCCCCCCCCCC(=O)OC[C@H](CSC[C@H](N)C(=O)NCCOCCOCCOCCOCCP(=O)(O)O)OC(=O)CCCCCCCCCCC. The molecule has 0 heterocycles. The minimum atomic E-state index is -4.04. The van der Waals surface area contributed by atoms with E-state index in [1.165, 1.54) is 88.8 Å². The molecule has 1 amide bonds. The number of esters is 2. The van der Waals surface area contributed by atoms with E-state index in [0.717, 1.165) is 38.5 Å². The Bertz CT molecular complexity index is 978. The molecule has 0 bridgehead atoms. The van der Waals surface area contributed by atoms with E-state index in [-0.39, 0.29) is 50.4 Å². The summed E-state index contributed by atoms with van der Waals surface area (Å²) in [7, 11) is -4.04. The van der Waals surface area contributed by atoms with Gasteiger partial charge in [0.05, 0.1) is 65.1 Å². The minimum absolute atomic E-state index is 0.0127. The highest BCUT2D eigenvalue weighted by molar-refractivity contribution is 7.99. The number of carbonyl (C=O) groups excluding carboxylic acids is 3. The quantitative estimate of drug-likeness (QED) is 0.0287. The van der Waals surface area contributed by atoms with E-state index < -0.39 is 19.7 Å². The van der Waals surface area contributed by atoms with Crippen molar-refractivity contribution in [2.24, 2.45) is 5.73 Å². The van der Waals surface area contributed by atoms with E-state index in [4.69, 9.17) is 43.9 Å². The van der Waals surface area contributed by atoms with Gasteiger partial charge in [-0.25, -0.2) is 0 Å². The van der Waals surface area contributed by atoms with E-state index in [2.05, 4.69) is 19.2 Å². The van der Waals surface area contributed by atoms with Crippen molar-refractivity contribution < 1.29 is 57.2 Å². The third kappa shape index (κ3) is 40.9. The number of hydrogen-bond acceptors (Lipinski definition) is 12. The average molecular weight is 843 g/mol. The summed E-state index contributed by atoms with van der Waals surface area (Å²) >= 11 is 1.38. The first-order valence-electron chi connectivity index (χ1n) is 21.4. The molecule has 0 aromatic carbocycles. The predicted octanol–water partition coefficient (Wildman–Crippen LogP) is 6.70. The Morgan fingerprint density at radius 3 is 1.52 bits per heavy atom. The van der Waals surface area contributed by atoms with Crippen molar-refractivity contribution in [1.29, 1.82) is 0 Å². The molecular formula is C40H79N2O12PS. The number of nitrogens with one attached hydrogen (secondary N) is 1. The third-order valence-electron chi connectivity index (χ3n) is 8.82. The monoisotopic (exact) mass is 843 g/mol. The Morgan fingerprint density at radius 1 is 0.607 bits per heavy atom. The lowest BCUT2D eigenvalue weighted by atomic mass is 10.1. The van der Waals surface area contributed by atoms with Crippen molar-refractivity contribution in [3.8, 4) is 0 Å². The highest BCUT2D eigenvalue weighted by Gasteiger charge is 2.20. The molecule has 0 saturated heterocycles. The fraction of sp³-hybridized carbons (Fsp3) is 0.925. The van der Waals surface area contributed by atoms with Gasteiger partial charge in [0.1, 0.15) is 12.7 Å². The number of ether oxygens (including phenoxy) is 6. The van der Waals surface area contributed by atoms with Gasteiger partial charge in [0, 0.05) is 30.9 Å². The van der Waals surface area contributed by atoms with Crippen molar-refractivity contribution in [3.63, 3.8) is 0 Å². The lowest BCUT2D eigenvalue weighted by Gasteiger charge is -2.19. The summed E-state index contributed by atoms with van der Waals surface area (Å²) in [5.41, 5.74) is 6.12. The Hall–Kier alpha value is -1.29. The molecule has 0 rings (SSSR count). The Kier molecular flexibility index (Phi) is 39.6. The molecule has 0 aromatic heterocycles. The maximum Gasteiger partial charge on any atom is 0.327 e. The zero-order chi connectivity index (χ0) is 41.4. The van der Waals surface area contributed by atoms with Crippen molar-refractivity contribution in [1.82, 2.24) is 5.32 Å². The van der Waals surface area contributed by atoms with E-state index in [1.807, 2.05) is 0 Å². The van der Waals surface area contributed by atoms with Crippen LogP contribution in [0.1, 0.15) is 142 Å². The highest BCUT2D eigenvalue weighted by Crippen LogP contribution is 2.33. The van der Waals surface area contributed by atoms with Gasteiger partial charge in [-0.15, -0.1) is 0 Å². The molecule has 14 nitrogen and oxygen atoms in total. The molecule has 0 radical (unpaired) electrons. The first-order chi connectivity index (χ1) is 27.1. The summed E-state index contributed by atoms with van der Waals surface area (Å²) in [6.07, 6.45) is 20.6. The molecule has 332 valence electrons. The Morgan fingerprint density at radius 2 is 1.04 bits per heavy atom. The van der Waals surface area contributed by atoms with Gasteiger partial charge in [0.25, 0.3) is 0 Å². The first kappa shape index (κ1) is 54.7. The van der Waals surface area contributed by atoms with Crippen LogP contribution in [0.3, 0.4) is 0 Å². The van der Waals surface area contributed by atoms with E-state index in [1.54, 1.807) is 0 Å². The fourth-order valence-electron chi connectivity index (χ4n) is 5.50. The maximum atomic E-state index is 12.7. The van der Waals surface area contributed by atoms with Gasteiger partial charge < -0.3 is 49.3 Å². The van der Waals surface area contributed by atoms with Crippen LogP contribution in [0.25, 0.3) is 0 Å². The standard InChI is InChI=1S/C40H79N2O12PS/c1-3-5-7-9-11-13-15-17-19-21-38(43)53-33-36(54-39(44)22-20-18-16-14-12-10-8-6-4-2)34-56-35-37(41)40(45)42-23-24-49-25-26-50-27-28-51-29-30-52-31-32-55(46,47)48/h36-37H,3-35,41H2,1-2H3,(H,42,45)(H2,46,47,48)/t36-,37+/m1/s1. The summed E-state index contributed by atoms with van der Waals surface area (Å²) in [4.78, 5) is 55.2. The molecule has 16 heteroatoms. The topological polar surface area (TPSA) is 202 Å². The second kappa shape index (κ2) is 40.5. The Balaban J connectivity index is 4.30. The van der Waals surface area contributed by atoms with Crippen molar-refractivity contribution >= 4 is 37.2 Å². The van der Waals surface area contributed by atoms with E-state index in [9.17, 15) is 18.9 Å². The van der Waals surface area contributed by atoms with Crippen LogP contribution in [0.4, 0.5) is 0 Å². The molecule has 0 spiro atoms. The van der Waals surface area contributed by atoms with Crippen LogP contribution >= 0.6 is 19.4 Å². The molecule has 2 atom stereocenters. The van der Waals surface area contributed by atoms with Crippen LogP contribution in [0, 0.1) is 0 Å². The summed E-state index contributed by atoms with van der Waals surface area (Å²) in [5.74, 6) is -0.227. The number of nitrogens with two attached hydrogens (primary N) is 1. The first-order valence-corrected chi connectivity index (χ1v) is 24.4. The third-order valence-corrected chi connectivity index (χ3v) is 10.8. The molecule has 0 saturated carbocycles. The number of amides is 1. The van der Waals surface area contributed by atoms with Crippen LogP contribution in [0.15, 0.2) is 0 Å². The van der Waals surface area contributed by atoms with Crippen LogP contribution < -0.4 is 11.1 Å². The molecular weight excluding hydrogens is 763 g/mol. The maximum absolute atomic E-state index is 12.7. The van der Waals surface area contributed by atoms with Crippen molar-refractivity contribution in [3.05, 3.63) is 0 Å².